The van der Waals surface area contributed by atoms with Gasteiger partial charge in [-0.1, -0.05) is 0 Å². The number of ether oxygens (including phenoxy) is 1. The number of amides is 1. The van der Waals surface area contributed by atoms with Crippen molar-refractivity contribution in [2.75, 3.05) is 21.2 Å². The molecule has 0 radical (unpaired) electrons. The maximum absolute atomic E-state index is 11.4. The highest BCUT2D eigenvalue weighted by Crippen LogP contribution is 1.81. The molecular weight excluding hydrogens is 244 g/mol. The van der Waals surface area contributed by atoms with Crippen molar-refractivity contribution in [3.63, 3.8) is 0 Å². The third-order valence-corrected chi connectivity index (χ3v) is 2.79. The average Bonchev–Trinajstić information content (AvgIpc) is 2.58. The first kappa shape index (κ1) is 13.2. The number of hydrogen-bond donors (Lipinski definition) is 1. The molecule has 0 fully saturated rings. The molecule has 1 aromatic heterocycles. The van der Waals surface area contributed by atoms with E-state index in [0.29, 0.717) is 4.66 Å². The highest BCUT2D eigenvalue weighted by Gasteiger charge is 2.02. The summed E-state index contributed by atoms with van der Waals surface area (Å²) in [4.78, 5) is 37.6. The summed E-state index contributed by atoms with van der Waals surface area (Å²) < 4.78 is 5.01. The van der Waals surface area contributed by atoms with E-state index in [1.807, 2.05) is 0 Å². The van der Waals surface area contributed by atoms with E-state index in [0.717, 1.165) is 17.4 Å². The van der Waals surface area contributed by atoms with Crippen LogP contribution in [0.4, 0.5) is 0 Å². The summed E-state index contributed by atoms with van der Waals surface area (Å²) in [7, 11) is 4.43. The van der Waals surface area contributed by atoms with Crippen LogP contribution in [0.1, 0.15) is 0 Å². The van der Waals surface area contributed by atoms with Crippen LogP contribution in [0.25, 0.3) is 12.2 Å². The molecule has 0 aliphatic heterocycles. The van der Waals surface area contributed by atoms with E-state index in [2.05, 4.69) is 9.72 Å². The number of methoxy groups -OCH3 is 1. The predicted molar refractivity (Wildman–Crippen MR) is 63.8 cm³/mol. The Labute approximate surface area is 101 Å². The maximum atomic E-state index is 11.4. The molecule has 0 saturated carbocycles. The Balaban J connectivity index is 3.22. The molecule has 0 unspecified atom stereocenters. The molecule has 92 valence electrons. The fourth-order valence-electron chi connectivity index (χ4n) is 0.932. The van der Waals surface area contributed by atoms with Crippen molar-refractivity contribution in [2.24, 2.45) is 0 Å². The molecule has 6 nitrogen and oxygen atoms in total. The van der Waals surface area contributed by atoms with E-state index in [4.69, 9.17) is 0 Å². The zero-order valence-corrected chi connectivity index (χ0v) is 10.5. The second-order valence-corrected chi connectivity index (χ2v) is 4.41. The van der Waals surface area contributed by atoms with Gasteiger partial charge in [0.05, 0.1) is 7.11 Å². The molecule has 7 heteroatoms. The summed E-state index contributed by atoms with van der Waals surface area (Å²) in [6.45, 7) is 0. The molecule has 0 aliphatic carbocycles. The van der Waals surface area contributed by atoms with E-state index in [1.54, 1.807) is 14.1 Å². The first-order valence-electron chi connectivity index (χ1n) is 4.66. The highest BCUT2D eigenvalue weighted by molar-refractivity contribution is 7.07. The first-order valence-corrected chi connectivity index (χ1v) is 5.47. The lowest BCUT2D eigenvalue weighted by molar-refractivity contribution is -0.133. The normalized spacial score (nSPS) is 12.6. The molecule has 0 spiro atoms. The van der Waals surface area contributed by atoms with Crippen molar-refractivity contribution in [3.8, 4) is 0 Å². The van der Waals surface area contributed by atoms with Gasteiger partial charge >= 0.3 is 5.97 Å². The summed E-state index contributed by atoms with van der Waals surface area (Å²) in [5.74, 6) is -0.852. The third-order valence-electron chi connectivity index (χ3n) is 1.83. The van der Waals surface area contributed by atoms with E-state index in [9.17, 15) is 14.4 Å². The number of aromatic amines is 1. The van der Waals surface area contributed by atoms with Crippen LogP contribution in [0.2, 0.25) is 0 Å². The number of rotatable bonds is 2. The van der Waals surface area contributed by atoms with Crippen LogP contribution in [0, 0.1) is 0 Å². The van der Waals surface area contributed by atoms with Crippen LogP contribution in [0.5, 0.6) is 0 Å². The van der Waals surface area contributed by atoms with Crippen molar-refractivity contribution < 1.29 is 14.3 Å². The molecule has 0 bridgehead atoms. The second-order valence-electron chi connectivity index (χ2n) is 3.33. The molecule has 1 N–H and O–H groups in total. The minimum Gasteiger partial charge on any atom is -0.466 e. The molecule has 0 saturated heterocycles. The van der Waals surface area contributed by atoms with Crippen molar-refractivity contribution >= 4 is 35.4 Å². The van der Waals surface area contributed by atoms with Crippen LogP contribution in [0.3, 0.4) is 0 Å². The Morgan fingerprint density at radius 1 is 1.35 bits per heavy atom. The van der Waals surface area contributed by atoms with Gasteiger partial charge in [-0.25, -0.2) is 4.79 Å². The summed E-state index contributed by atoms with van der Waals surface area (Å²) >= 11 is 1.02. The van der Waals surface area contributed by atoms with Gasteiger partial charge in [-0.15, -0.1) is 11.3 Å². The summed E-state index contributed by atoms with van der Waals surface area (Å²) in [5, 5.41) is 0. The van der Waals surface area contributed by atoms with Crippen molar-refractivity contribution in [1.29, 1.82) is 0 Å². The van der Waals surface area contributed by atoms with Crippen LogP contribution < -0.4 is 14.8 Å². The average molecular weight is 256 g/mol. The largest absolute Gasteiger partial charge is 0.466 e. The summed E-state index contributed by atoms with van der Waals surface area (Å²) in [6.07, 6.45) is 2.38. The monoisotopic (exact) mass is 256 g/mol. The van der Waals surface area contributed by atoms with E-state index in [-0.39, 0.29) is 10.4 Å². The van der Waals surface area contributed by atoms with Gasteiger partial charge in [-0.2, -0.15) is 0 Å². The number of thiazole rings is 1. The molecule has 1 rings (SSSR count). The highest BCUT2D eigenvalue weighted by atomic mass is 32.1. The van der Waals surface area contributed by atoms with Gasteiger partial charge in [0, 0.05) is 26.2 Å². The molecule has 1 heterocycles. The van der Waals surface area contributed by atoms with Gasteiger partial charge in [-0.05, 0) is 0 Å². The quantitative estimate of drug-likeness (QED) is 0.637. The fraction of sp³-hybridized carbons (Fsp3) is 0.300. The molecule has 0 aromatic carbocycles. The molecule has 0 atom stereocenters. The Kier molecular flexibility index (Phi) is 4.22. The number of nitrogens with zero attached hydrogens (tertiary/aromatic N) is 1. The Bertz CT molecular complexity index is 597. The lowest BCUT2D eigenvalue weighted by atomic mass is 10.5. The number of hydrogen-bond acceptors (Lipinski definition) is 5. The van der Waals surface area contributed by atoms with Gasteiger partial charge in [0.1, 0.15) is 9.20 Å². The molecule has 1 amide bonds. The van der Waals surface area contributed by atoms with Gasteiger partial charge in [0.15, 0.2) is 0 Å². The van der Waals surface area contributed by atoms with Gasteiger partial charge in [0.25, 0.3) is 5.56 Å². The Hall–Kier alpha value is -1.89. The van der Waals surface area contributed by atoms with E-state index in [1.165, 1.54) is 18.1 Å². The first-order chi connectivity index (χ1) is 7.93. The van der Waals surface area contributed by atoms with Crippen LogP contribution in [0.15, 0.2) is 4.79 Å². The molecule has 17 heavy (non-hydrogen) atoms. The van der Waals surface area contributed by atoms with Crippen molar-refractivity contribution in [1.82, 2.24) is 9.88 Å². The number of carbonyl (C=O) groups excluding carboxylic acids is 2. The third kappa shape index (κ3) is 3.56. The molecular formula is C10H12N2O4S. The smallest absolute Gasteiger partial charge is 0.332 e. The number of H-pyrrole nitrogens is 1. The number of esters is 1. The minimum absolute atomic E-state index is 0.203. The standard InChI is InChI=1S/C10H12N2O4S/c1-12(2)8(13)5-7-11-10(15)6(17-7)4-9(14)16-3/h4-5H,1-3H3,(H,11,15)/b6-4-,7-5+. The van der Waals surface area contributed by atoms with Gasteiger partial charge in [-0.3, -0.25) is 9.59 Å². The lowest BCUT2D eigenvalue weighted by Gasteiger charge is -2.03. The fourth-order valence-corrected chi connectivity index (χ4v) is 1.77. The lowest BCUT2D eigenvalue weighted by Crippen LogP contribution is -2.23. The van der Waals surface area contributed by atoms with Crippen LogP contribution in [-0.2, 0) is 14.3 Å². The second kappa shape index (κ2) is 5.44. The molecule has 1 aromatic rings. The number of carbonyl (C=O) groups is 2. The zero-order valence-electron chi connectivity index (χ0n) is 9.64. The van der Waals surface area contributed by atoms with Crippen molar-refractivity contribution in [3.05, 3.63) is 19.5 Å². The van der Waals surface area contributed by atoms with Gasteiger partial charge in [0.2, 0.25) is 5.91 Å². The molecule has 0 aliphatic rings. The van der Waals surface area contributed by atoms with Crippen LogP contribution in [-0.4, -0.2) is 43.0 Å². The minimum atomic E-state index is -0.608. The number of aromatic nitrogens is 1. The Morgan fingerprint density at radius 2 is 2.00 bits per heavy atom. The Morgan fingerprint density at radius 3 is 2.53 bits per heavy atom. The SMILES string of the molecule is COC(=O)/C=c1\s/c(=C/C(=O)N(C)C)[nH]c1=O. The van der Waals surface area contributed by atoms with Crippen LogP contribution >= 0.6 is 11.3 Å². The van der Waals surface area contributed by atoms with Gasteiger partial charge < -0.3 is 14.6 Å². The summed E-state index contributed by atoms with van der Waals surface area (Å²) in [6, 6.07) is 0. The zero-order chi connectivity index (χ0) is 13.0. The maximum Gasteiger partial charge on any atom is 0.332 e. The topological polar surface area (TPSA) is 79.5 Å². The van der Waals surface area contributed by atoms with E-state index < -0.39 is 11.5 Å². The number of nitrogens with one attached hydrogen (secondary N) is 1. The predicted octanol–water partition coefficient (Wildman–Crippen LogP) is -1.74. The van der Waals surface area contributed by atoms with Crippen molar-refractivity contribution in [2.45, 2.75) is 0 Å². The van der Waals surface area contributed by atoms with E-state index >= 15 is 0 Å². The summed E-state index contributed by atoms with van der Waals surface area (Å²) in [5.41, 5.74) is -0.418.